The molecular formula is C28H30N10O3. The van der Waals surface area contributed by atoms with Gasteiger partial charge in [0.2, 0.25) is 11.8 Å². The molecule has 1 amide bonds. The third-order valence-electron chi connectivity index (χ3n) is 7.48. The number of carbonyl (C=O) groups excluding carboxylic acids is 1. The van der Waals surface area contributed by atoms with E-state index in [0.29, 0.717) is 49.3 Å². The van der Waals surface area contributed by atoms with Gasteiger partial charge < -0.3 is 30.0 Å². The fourth-order valence-corrected chi connectivity index (χ4v) is 4.56. The molecule has 3 N–H and O–H groups in total. The average molecular weight is 555 g/mol. The van der Waals surface area contributed by atoms with E-state index in [1.807, 2.05) is 34.9 Å². The number of aromatic nitrogens is 6. The lowest BCUT2D eigenvalue weighted by Gasteiger charge is -2.32. The minimum atomic E-state index is -0.495. The van der Waals surface area contributed by atoms with Crippen molar-refractivity contribution < 1.29 is 14.3 Å². The van der Waals surface area contributed by atoms with Gasteiger partial charge in [0, 0.05) is 44.5 Å². The first-order valence-electron chi connectivity index (χ1n) is 13.6. The molecule has 6 rings (SSSR count). The lowest BCUT2D eigenvalue weighted by Crippen LogP contribution is -2.37. The van der Waals surface area contributed by atoms with E-state index in [0.717, 1.165) is 36.9 Å². The molecule has 2 fully saturated rings. The topological polar surface area (TPSA) is 170 Å². The number of pyridine rings is 1. The maximum absolute atomic E-state index is 12.8. The predicted octanol–water partition coefficient (Wildman–Crippen LogP) is 2.40. The number of hydrogen-bond acceptors (Lipinski definition) is 11. The van der Waals surface area contributed by atoms with Crippen LogP contribution in [0.2, 0.25) is 0 Å². The van der Waals surface area contributed by atoms with Gasteiger partial charge in [0.1, 0.15) is 6.61 Å². The summed E-state index contributed by atoms with van der Waals surface area (Å²) in [5.74, 6) is 1.05. The van der Waals surface area contributed by atoms with E-state index in [1.54, 1.807) is 12.5 Å². The molecule has 0 spiro atoms. The SMILES string of the molecule is Cn1cnc(-c2cnc(N)c(OCC3CCN(c4nc(OCC5(C#N)CC5)nc(C(=O)NC5=C=CC5)n4)CC3)c2)c1. The van der Waals surface area contributed by atoms with Crippen molar-refractivity contribution in [3.05, 3.63) is 48.1 Å². The molecule has 0 bridgehead atoms. The summed E-state index contributed by atoms with van der Waals surface area (Å²) in [7, 11) is 1.91. The molecule has 1 aliphatic heterocycles. The van der Waals surface area contributed by atoms with Crippen molar-refractivity contribution in [2.24, 2.45) is 18.4 Å². The fraction of sp³-hybridized carbons (Fsp3) is 0.429. The van der Waals surface area contributed by atoms with E-state index in [1.165, 1.54) is 0 Å². The molecule has 210 valence electrons. The molecule has 41 heavy (non-hydrogen) atoms. The molecule has 2 aliphatic carbocycles. The Balaban J connectivity index is 1.10. The largest absolute Gasteiger partial charge is 0.489 e. The van der Waals surface area contributed by atoms with Gasteiger partial charge in [-0.25, -0.2) is 9.97 Å². The van der Waals surface area contributed by atoms with Crippen LogP contribution in [-0.2, 0) is 7.05 Å². The lowest BCUT2D eigenvalue weighted by molar-refractivity contribution is 0.0952. The molecule has 1 saturated heterocycles. The molecule has 1 saturated carbocycles. The van der Waals surface area contributed by atoms with E-state index >= 15 is 0 Å². The number of aryl methyl sites for hydroxylation is 1. The molecule has 0 atom stereocenters. The maximum Gasteiger partial charge on any atom is 0.322 e. The highest BCUT2D eigenvalue weighted by molar-refractivity contribution is 5.92. The number of nitrogen functional groups attached to an aromatic ring is 1. The van der Waals surface area contributed by atoms with Gasteiger partial charge in [0.15, 0.2) is 11.6 Å². The second-order valence-corrected chi connectivity index (χ2v) is 10.7. The third-order valence-corrected chi connectivity index (χ3v) is 7.48. The van der Waals surface area contributed by atoms with Crippen molar-refractivity contribution >= 4 is 17.7 Å². The van der Waals surface area contributed by atoms with Gasteiger partial charge >= 0.3 is 6.01 Å². The molecule has 0 unspecified atom stereocenters. The highest BCUT2D eigenvalue weighted by atomic mass is 16.5. The molecule has 3 aliphatic rings. The van der Waals surface area contributed by atoms with Crippen LogP contribution in [0.5, 0.6) is 11.8 Å². The van der Waals surface area contributed by atoms with Gasteiger partial charge in [-0.1, -0.05) is 0 Å². The first-order chi connectivity index (χ1) is 19.9. The Labute approximate surface area is 236 Å². The quantitative estimate of drug-likeness (QED) is 0.353. The lowest BCUT2D eigenvalue weighted by atomic mass is 9.98. The van der Waals surface area contributed by atoms with E-state index in [9.17, 15) is 10.1 Å². The summed E-state index contributed by atoms with van der Waals surface area (Å²) < 4.78 is 13.8. The van der Waals surface area contributed by atoms with Crippen LogP contribution in [0.1, 0.15) is 42.7 Å². The van der Waals surface area contributed by atoms with Gasteiger partial charge in [-0.2, -0.15) is 20.2 Å². The molecule has 3 aromatic rings. The molecule has 13 nitrogen and oxygen atoms in total. The standard InChI is InChI=1S/C28H30N10O3/c1-37-13-21(32-17-37)19-11-22(23(30)31-12-19)40-14-18-5-9-38(10-6-18)26-34-24(25(39)33-20-3-2-4-20)35-27(36-26)41-16-28(15-29)7-8-28/h2,11-13,17-18H,3,5-10,14,16H2,1H3,(H2,30,31)(H,33,39). The minimum absolute atomic E-state index is 0.0331. The molecule has 4 heterocycles. The van der Waals surface area contributed by atoms with Gasteiger partial charge in [0.05, 0.1) is 35.8 Å². The monoisotopic (exact) mass is 554 g/mol. The third kappa shape index (κ3) is 5.97. The smallest absolute Gasteiger partial charge is 0.322 e. The van der Waals surface area contributed by atoms with Crippen molar-refractivity contribution in [1.29, 1.82) is 5.26 Å². The Morgan fingerprint density at radius 1 is 1.24 bits per heavy atom. The summed E-state index contributed by atoms with van der Waals surface area (Å²) in [5, 5.41) is 12.2. The van der Waals surface area contributed by atoms with Crippen LogP contribution in [0.3, 0.4) is 0 Å². The second-order valence-electron chi connectivity index (χ2n) is 10.7. The molecule has 13 heteroatoms. The molecule has 3 aromatic heterocycles. The van der Waals surface area contributed by atoms with Crippen molar-refractivity contribution in [2.45, 2.75) is 32.1 Å². The molecule has 0 radical (unpaired) electrons. The maximum atomic E-state index is 12.8. The fourth-order valence-electron chi connectivity index (χ4n) is 4.56. The van der Waals surface area contributed by atoms with Crippen LogP contribution in [-0.4, -0.2) is 61.7 Å². The Morgan fingerprint density at radius 2 is 2.05 bits per heavy atom. The Morgan fingerprint density at radius 3 is 2.71 bits per heavy atom. The minimum Gasteiger partial charge on any atom is -0.489 e. The first kappa shape index (κ1) is 26.3. The van der Waals surface area contributed by atoms with Gasteiger partial charge in [-0.3, -0.25) is 4.79 Å². The summed E-state index contributed by atoms with van der Waals surface area (Å²) in [6, 6.07) is 4.20. The summed E-state index contributed by atoms with van der Waals surface area (Å²) in [6.07, 6.45) is 11.0. The number of ether oxygens (including phenoxy) is 2. The zero-order valence-electron chi connectivity index (χ0n) is 22.7. The highest BCUT2D eigenvalue weighted by Gasteiger charge is 2.44. The van der Waals surface area contributed by atoms with Crippen molar-refractivity contribution in [3.63, 3.8) is 0 Å². The normalized spacial score (nSPS) is 17.3. The van der Waals surface area contributed by atoms with Crippen LogP contribution < -0.4 is 25.4 Å². The number of carbonyl (C=O) groups is 1. The number of nitriles is 1. The zero-order chi connectivity index (χ0) is 28.4. The summed E-state index contributed by atoms with van der Waals surface area (Å²) >= 11 is 0. The number of amides is 1. The van der Waals surface area contributed by atoms with Crippen LogP contribution in [0.25, 0.3) is 11.3 Å². The van der Waals surface area contributed by atoms with Gasteiger partial charge in [-0.05, 0) is 43.7 Å². The number of hydrogen-bond donors (Lipinski definition) is 2. The molecular weight excluding hydrogens is 524 g/mol. The van der Waals surface area contributed by atoms with Crippen molar-refractivity contribution in [2.75, 3.05) is 36.9 Å². The highest BCUT2D eigenvalue weighted by Crippen LogP contribution is 2.44. The first-order valence-corrected chi connectivity index (χ1v) is 13.6. The number of nitrogens with one attached hydrogen (secondary N) is 1. The number of piperidine rings is 1. The van der Waals surface area contributed by atoms with Crippen LogP contribution in [0.15, 0.2) is 42.3 Å². The predicted molar refractivity (Wildman–Crippen MR) is 148 cm³/mol. The molecule has 0 aromatic carbocycles. The summed E-state index contributed by atoms with van der Waals surface area (Å²) in [4.78, 5) is 36.7. The Kier molecular flexibility index (Phi) is 6.99. The average Bonchev–Trinajstić information content (AvgIpc) is 3.63. The van der Waals surface area contributed by atoms with Gasteiger partial charge in [0.25, 0.3) is 5.91 Å². The van der Waals surface area contributed by atoms with E-state index in [4.69, 9.17) is 15.2 Å². The second kappa shape index (κ2) is 10.9. The van der Waals surface area contributed by atoms with E-state index in [2.05, 4.69) is 42.0 Å². The van der Waals surface area contributed by atoms with Crippen molar-refractivity contribution in [1.82, 2.24) is 34.8 Å². The van der Waals surface area contributed by atoms with E-state index in [-0.39, 0.29) is 24.4 Å². The number of imidazole rings is 1. The number of anilines is 2. The van der Waals surface area contributed by atoms with Crippen molar-refractivity contribution in [3.8, 4) is 29.1 Å². The van der Waals surface area contributed by atoms with Crippen LogP contribution in [0, 0.1) is 22.7 Å². The number of rotatable bonds is 10. The Hall–Kier alpha value is -4.95. The number of nitrogens with two attached hydrogens (primary N) is 1. The van der Waals surface area contributed by atoms with Crippen LogP contribution >= 0.6 is 0 Å². The van der Waals surface area contributed by atoms with Gasteiger partial charge in [-0.15, -0.1) is 5.73 Å². The summed E-state index contributed by atoms with van der Waals surface area (Å²) in [5.41, 5.74) is 10.8. The Bertz CT molecular complexity index is 1570. The summed E-state index contributed by atoms with van der Waals surface area (Å²) in [6.45, 7) is 2.00. The number of nitrogens with zero attached hydrogens (tertiary/aromatic N) is 8. The zero-order valence-corrected chi connectivity index (χ0v) is 22.7. The van der Waals surface area contributed by atoms with Crippen LogP contribution in [0.4, 0.5) is 11.8 Å². The van der Waals surface area contributed by atoms with E-state index < -0.39 is 11.3 Å².